The molecule has 3 aromatic rings. The molecule has 7 heteroatoms. The highest BCUT2D eigenvalue weighted by Gasteiger charge is 2.25. The standard InChI is InChI=1S/C24H22ClN3O3/c1-14-8-9-17(12-19(14)25)27-24(30)22(16-6-4-3-5-7-16)26-18-10-11-21-20(13-18)28-23(29)15(2)31-21/h3-13,15,22,26H,1-2H3,(H,27,30)(H,28,29). The number of benzene rings is 3. The zero-order valence-corrected chi connectivity index (χ0v) is 17.9. The smallest absolute Gasteiger partial charge is 0.265 e. The number of nitrogens with one attached hydrogen (secondary N) is 3. The van der Waals surface area contributed by atoms with Gasteiger partial charge in [0.1, 0.15) is 11.8 Å². The Labute approximate surface area is 185 Å². The molecule has 3 N–H and O–H groups in total. The van der Waals surface area contributed by atoms with Crippen LogP contribution < -0.4 is 20.7 Å². The van der Waals surface area contributed by atoms with E-state index in [1.807, 2.05) is 55.5 Å². The van der Waals surface area contributed by atoms with Gasteiger partial charge in [-0.1, -0.05) is 48.0 Å². The van der Waals surface area contributed by atoms with Gasteiger partial charge in [0, 0.05) is 16.4 Å². The third-order valence-corrected chi connectivity index (χ3v) is 5.46. The van der Waals surface area contributed by atoms with Crippen molar-refractivity contribution in [2.45, 2.75) is 26.0 Å². The number of amides is 2. The monoisotopic (exact) mass is 435 g/mol. The summed E-state index contributed by atoms with van der Waals surface area (Å²) >= 11 is 6.20. The van der Waals surface area contributed by atoms with Crippen molar-refractivity contribution in [3.63, 3.8) is 0 Å². The summed E-state index contributed by atoms with van der Waals surface area (Å²) in [5, 5.41) is 9.60. The Hall–Kier alpha value is -3.51. The molecule has 1 aliphatic heterocycles. The molecule has 2 unspecified atom stereocenters. The quantitative estimate of drug-likeness (QED) is 0.517. The fourth-order valence-corrected chi connectivity index (χ4v) is 3.48. The maximum absolute atomic E-state index is 13.2. The van der Waals surface area contributed by atoms with E-state index in [4.69, 9.17) is 16.3 Å². The Bertz CT molecular complexity index is 1130. The zero-order valence-electron chi connectivity index (χ0n) is 17.1. The van der Waals surface area contributed by atoms with Crippen LogP contribution in [0.25, 0.3) is 0 Å². The molecule has 31 heavy (non-hydrogen) atoms. The number of rotatable bonds is 5. The number of ether oxygens (including phenoxy) is 1. The minimum Gasteiger partial charge on any atom is -0.479 e. The summed E-state index contributed by atoms with van der Waals surface area (Å²) in [5.41, 5.74) is 3.58. The van der Waals surface area contributed by atoms with Gasteiger partial charge in [0.2, 0.25) is 0 Å². The van der Waals surface area contributed by atoms with Crippen molar-refractivity contribution in [3.05, 3.63) is 82.9 Å². The molecule has 0 radical (unpaired) electrons. The first-order valence-corrected chi connectivity index (χ1v) is 10.3. The van der Waals surface area contributed by atoms with Crippen LogP contribution in [0.3, 0.4) is 0 Å². The van der Waals surface area contributed by atoms with E-state index in [2.05, 4.69) is 16.0 Å². The highest BCUT2D eigenvalue weighted by atomic mass is 35.5. The van der Waals surface area contributed by atoms with Crippen molar-refractivity contribution in [1.82, 2.24) is 0 Å². The third-order valence-electron chi connectivity index (χ3n) is 5.06. The molecule has 0 bridgehead atoms. The summed E-state index contributed by atoms with van der Waals surface area (Å²) in [7, 11) is 0. The number of carbonyl (C=O) groups is 2. The molecule has 1 aliphatic rings. The molecule has 2 atom stereocenters. The number of carbonyl (C=O) groups excluding carboxylic acids is 2. The van der Waals surface area contributed by atoms with Crippen molar-refractivity contribution in [2.75, 3.05) is 16.0 Å². The molecular formula is C24H22ClN3O3. The first kappa shape index (κ1) is 20.8. The van der Waals surface area contributed by atoms with E-state index in [9.17, 15) is 9.59 Å². The van der Waals surface area contributed by atoms with Crippen molar-refractivity contribution < 1.29 is 14.3 Å². The van der Waals surface area contributed by atoms with Crippen LogP contribution in [0, 0.1) is 6.92 Å². The number of aryl methyl sites for hydroxylation is 1. The fourth-order valence-electron chi connectivity index (χ4n) is 3.30. The highest BCUT2D eigenvalue weighted by molar-refractivity contribution is 6.31. The van der Waals surface area contributed by atoms with Gasteiger partial charge >= 0.3 is 0 Å². The Morgan fingerprint density at radius 1 is 1.06 bits per heavy atom. The lowest BCUT2D eigenvalue weighted by molar-refractivity contribution is -0.122. The van der Waals surface area contributed by atoms with Crippen molar-refractivity contribution in [2.24, 2.45) is 0 Å². The normalized spacial score (nSPS) is 15.8. The first-order chi connectivity index (χ1) is 14.9. The van der Waals surface area contributed by atoms with Crippen LogP contribution in [0.15, 0.2) is 66.7 Å². The van der Waals surface area contributed by atoms with E-state index in [0.29, 0.717) is 27.8 Å². The van der Waals surface area contributed by atoms with Gasteiger partial charge in [0.05, 0.1) is 5.69 Å². The Morgan fingerprint density at radius 3 is 2.55 bits per heavy atom. The Kier molecular flexibility index (Phi) is 5.82. The second-order valence-corrected chi connectivity index (χ2v) is 7.81. The number of anilines is 3. The van der Waals surface area contributed by atoms with Crippen molar-refractivity contribution in [1.29, 1.82) is 0 Å². The lowest BCUT2D eigenvalue weighted by Crippen LogP contribution is -2.34. The third kappa shape index (κ3) is 4.64. The van der Waals surface area contributed by atoms with E-state index >= 15 is 0 Å². The number of halogens is 1. The molecule has 1 heterocycles. The molecule has 0 aliphatic carbocycles. The van der Waals surface area contributed by atoms with Crippen LogP contribution in [0.1, 0.15) is 24.1 Å². The molecule has 6 nitrogen and oxygen atoms in total. The molecule has 3 aromatic carbocycles. The van der Waals surface area contributed by atoms with Crippen LogP contribution in [-0.2, 0) is 9.59 Å². The van der Waals surface area contributed by atoms with Gasteiger partial charge in [0.15, 0.2) is 6.10 Å². The summed E-state index contributed by atoms with van der Waals surface area (Å²) in [6, 6.07) is 19.5. The molecule has 4 rings (SSSR count). The number of fused-ring (bicyclic) bond motifs is 1. The molecule has 2 amide bonds. The average molecular weight is 436 g/mol. The van der Waals surface area contributed by atoms with Crippen LogP contribution >= 0.6 is 11.6 Å². The summed E-state index contributed by atoms with van der Waals surface area (Å²) in [6.45, 7) is 3.60. The lowest BCUT2D eigenvalue weighted by atomic mass is 10.0. The SMILES string of the molecule is Cc1ccc(NC(=O)C(Nc2ccc3c(c2)NC(=O)C(C)O3)c2ccccc2)cc1Cl. The fraction of sp³-hybridized carbons (Fsp3) is 0.167. The van der Waals surface area contributed by atoms with Gasteiger partial charge < -0.3 is 20.7 Å². The maximum Gasteiger partial charge on any atom is 0.265 e. The molecule has 0 aromatic heterocycles. The van der Waals surface area contributed by atoms with E-state index in [-0.39, 0.29) is 11.8 Å². The van der Waals surface area contributed by atoms with Crippen LogP contribution in [0.5, 0.6) is 5.75 Å². The van der Waals surface area contributed by atoms with Crippen molar-refractivity contribution in [3.8, 4) is 5.75 Å². The average Bonchev–Trinajstić information content (AvgIpc) is 2.76. The highest BCUT2D eigenvalue weighted by Crippen LogP contribution is 2.33. The predicted molar refractivity (Wildman–Crippen MR) is 123 cm³/mol. The van der Waals surface area contributed by atoms with Crippen LogP contribution in [0.2, 0.25) is 5.02 Å². The van der Waals surface area contributed by atoms with Gasteiger partial charge in [-0.3, -0.25) is 9.59 Å². The lowest BCUT2D eigenvalue weighted by Gasteiger charge is -2.25. The molecule has 0 fully saturated rings. The van der Waals surface area contributed by atoms with E-state index in [0.717, 1.165) is 11.1 Å². The van der Waals surface area contributed by atoms with Gasteiger partial charge in [0.25, 0.3) is 11.8 Å². The molecule has 0 saturated carbocycles. The molecule has 0 spiro atoms. The van der Waals surface area contributed by atoms with E-state index in [1.54, 1.807) is 25.1 Å². The summed E-state index contributed by atoms with van der Waals surface area (Å²) < 4.78 is 5.60. The van der Waals surface area contributed by atoms with Crippen molar-refractivity contribution >= 4 is 40.5 Å². The van der Waals surface area contributed by atoms with Crippen LogP contribution in [0.4, 0.5) is 17.1 Å². The minimum atomic E-state index is -0.668. The predicted octanol–water partition coefficient (Wildman–Crippen LogP) is 5.16. The van der Waals surface area contributed by atoms with Gasteiger partial charge in [-0.2, -0.15) is 0 Å². The molecule has 0 saturated heterocycles. The summed E-state index contributed by atoms with van der Waals surface area (Å²) in [6.07, 6.45) is -0.546. The van der Waals surface area contributed by atoms with E-state index < -0.39 is 12.1 Å². The molecular weight excluding hydrogens is 414 g/mol. The van der Waals surface area contributed by atoms with E-state index in [1.165, 1.54) is 0 Å². The van der Waals surface area contributed by atoms with Crippen LogP contribution in [-0.4, -0.2) is 17.9 Å². The Morgan fingerprint density at radius 2 is 1.81 bits per heavy atom. The Balaban J connectivity index is 1.60. The second-order valence-electron chi connectivity index (χ2n) is 7.40. The summed E-state index contributed by atoms with van der Waals surface area (Å²) in [5.74, 6) is 0.142. The topological polar surface area (TPSA) is 79.5 Å². The summed E-state index contributed by atoms with van der Waals surface area (Å²) in [4.78, 5) is 25.1. The number of hydrogen-bond donors (Lipinski definition) is 3. The molecule has 158 valence electrons. The van der Waals surface area contributed by atoms with Gasteiger partial charge in [-0.05, 0) is 55.3 Å². The van der Waals surface area contributed by atoms with Gasteiger partial charge in [-0.25, -0.2) is 0 Å². The first-order valence-electron chi connectivity index (χ1n) is 9.91. The minimum absolute atomic E-state index is 0.210. The zero-order chi connectivity index (χ0) is 22.0. The maximum atomic E-state index is 13.2. The number of hydrogen-bond acceptors (Lipinski definition) is 4. The second kappa shape index (κ2) is 8.70. The largest absolute Gasteiger partial charge is 0.479 e. The van der Waals surface area contributed by atoms with Gasteiger partial charge in [-0.15, -0.1) is 0 Å².